The zero-order valence-electron chi connectivity index (χ0n) is 5.93. The van der Waals surface area contributed by atoms with Crippen LogP contribution in [0.15, 0.2) is 4.99 Å². The number of hydrogen-bond acceptors (Lipinski definition) is 2. The van der Waals surface area contributed by atoms with E-state index in [0.717, 1.165) is 13.1 Å². The average molecular weight is 126 g/mol. The lowest BCUT2D eigenvalue weighted by molar-refractivity contribution is 0.484. The summed E-state index contributed by atoms with van der Waals surface area (Å²) in [6.45, 7) is 3.04. The molecule has 1 N–H and O–H groups in total. The van der Waals surface area contributed by atoms with E-state index >= 15 is 0 Å². The summed E-state index contributed by atoms with van der Waals surface area (Å²) >= 11 is 0. The van der Waals surface area contributed by atoms with Gasteiger partial charge in [0.1, 0.15) is 0 Å². The molecule has 52 valence electrons. The van der Waals surface area contributed by atoms with Gasteiger partial charge in [0, 0.05) is 12.3 Å². The summed E-state index contributed by atoms with van der Waals surface area (Å²) in [4.78, 5) is 4.07. The predicted octanol–water partition coefficient (Wildman–Crippen LogP) is 1.18. The first-order valence-corrected chi connectivity index (χ1v) is 3.65. The largest absolute Gasteiger partial charge is 0.295 e. The Morgan fingerprint density at radius 3 is 3.22 bits per heavy atom. The van der Waals surface area contributed by atoms with Crippen molar-refractivity contribution in [1.82, 2.24) is 5.32 Å². The van der Waals surface area contributed by atoms with Crippen LogP contribution in [0.2, 0.25) is 0 Å². The highest BCUT2D eigenvalue weighted by atomic mass is 15.0. The highest BCUT2D eigenvalue weighted by molar-refractivity contribution is 5.58. The van der Waals surface area contributed by atoms with Gasteiger partial charge in [0.2, 0.25) is 0 Å². The summed E-state index contributed by atoms with van der Waals surface area (Å²) < 4.78 is 0. The average Bonchev–Trinajstić information content (AvgIpc) is 1.91. The van der Waals surface area contributed by atoms with Crippen LogP contribution in [0.1, 0.15) is 26.2 Å². The normalized spacial score (nSPS) is 26.6. The standard InChI is InChI=1S/C7H14N2/c1-2-3-7-4-5-8-6-9-7/h5,7,9H,2-4,6H2,1H3. The Bertz CT molecular complexity index is 99.1. The zero-order chi connectivity index (χ0) is 6.53. The van der Waals surface area contributed by atoms with Crippen LogP contribution in [0.5, 0.6) is 0 Å². The Hall–Kier alpha value is -0.370. The number of rotatable bonds is 2. The summed E-state index contributed by atoms with van der Waals surface area (Å²) in [5.41, 5.74) is 0. The van der Waals surface area contributed by atoms with Gasteiger partial charge in [-0.15, -0.1) is 0 Å². The second kappa shape index (κ2) is 3.62. The summed E-state index contributed by atoms with van der Waals surface area (Å²) in [7, 11) is 0. The molecule has 0 amide bonds. The highest BCUT2D eigenvalue weighted by Crippen LogP contribution is 2.01. The van der Waals surface area contributed by atoms with Crippen LogP contribution in [-0.4, -0.2) is 18.9 Å². The van der Waals surface area contributed by atoms with Gasteiger partial charge in [-0.3, -0.25) is 10.3 Å². The van der Waals surface area contributed by atoms with E-state index in [0.29, 0.717) is 6.04 Å². The van der Waals surface area contributed by atoms with E-state index in [1.54, 1.807) is 0 Å². The van der Waals surface area contributed by atoms with Crippen LogP contribution in [0, 0.1) is 0 Å². The Kier molecular flexibility index (Phi) is 2.71. The molecule has 0 bridgehead atoms. The van der Waals surface area contributed by atoms with E-state index in [1.807, 2.05) is 6.21 Å². The fourth-order valence-corrected chi connectivity index (χ4v) is 1.10. The Morgan fingerprint density at radius 2 is 2.67 bits per heavy atom. The highest BCUT2D eigenvalue weighted by Gasteiger charge is 2.06. The van der Waals surface area contributed by atoms with Gasteiger partial charge in [-0.2, -0.15) is 0 Å². The second-order valence-electron chi connectivity index (χ2n) is 2.45. The number of aliphatic imine (C=N–C) groups is 1. The summed E-state index contributed by atoms with van der Waals surface area (Å²) in [6.07, 6.45) is 5.70. The van der Waals surface area contributed by atoms with Crippen molar-refractivity contribution >= 4 is 6.21 Å². The van der Waals surface area contributed by atoms with Gasteiger partial charge in [-0.25, -0.2) is 0 Å². The van der Waals surface area contributed by atoms with Crippen molar-refractivity contribution in [2.24, 2.45) is 4.99 Å². The van der Waals surface area contributed by atoms with Crippen LogP contribution in [0.25, 0.3) is 0 Å². The predicted molar refractivity (Wildman–Crippen MR) is 39.8 cm³/mol. The SMILES string of the molecule is CCCC1CC=NCN1. The first-order chi connectivity index (χ1) is 4.43. The smallest absolute Gasteiger partial charge is 0.0882 e. The lowest BCUT2D eigenvalue weighted by Crippen LogP contribution is -2.32. The minimum atomic E-state index is 0.701. The van der Waals surface area contributed by atoms with E-state index in [9.17, 15) is 0 Å². The van der Waals surface area contributed by atoms with Gasteiger partial charge in [0.05, 0.1) is 6.67 Å². The van der Waals surface area contributed by atoms with Gasteiger partial charge in [-0.1, -0.05) is 13.3 Å². The van der Waals surface area contributed by atoms with Crippen molar-refractivity contribution in [2.75, 3.05) is 6.67 Å². The molecule has 1 aliphatic rings. The first kappa shape index (κ1) is 6.75. The van der Waals surface area contributed by atoms with Crippen molar-refractivity contribution in [3.8, 4) is 0 Å². The first-order valence-electron chi connectivity index (χ1n) is 3.65. The third-order valence-electron chi connectivity index (χ3n) is 1.63. The monoisotopic (exact) mass is 126 g/mol. The quantitative estimate of drug-likeness (QED) is 0.590. The molecular weight excluding hydrogens is 112 g/mol. The molecular formula is C7H14N2. The molecule has 0 saturated carbocycles. The van der Waals surface area contributed by atoms with E-state index in [4.69, 9.17) is 0 Å². The molecule has 0 fully saturated rings. The minimum Gasteiger partial charge on any atom is -0.295 e. The molecule has 9 heavy (non-hydrogen) atoms. The van der Waals surface area contributed by atoms with E-state index in [2.05, 4.69) is 17.2 Å². The summed E-state index contributed by atoms with van der Waals surface area (Å²) in [5.74, 6) is 0. The second-order valence-corrected chi connectivity index (χ2v) is 2.45. The lowest BCUT2D eigenvalue weighted by atomic mass is 10.1. The number of nitrogens with one attached hydrogen (secondary N) is 1. The molecule has 2 heteroatoms. The van der Waals surface area contributed by atoms with Crippen LogP contribution in [0.4, 0.5) is 0 Å². The van der Waals surface area contributed by atoms with Crippen molar-refractivity contribution in [1.29, 1.82) is 0 Å². The van der Waals surface area contributed by atoms with Gasteiger partial charge >= 0.3 is 0 Å². The van der Waals surface area contributed by atoms with Crippen molar-refractivity contribution < 1.29 is 0 Å². The maximum absolute atomic E-state index is 4.07. The number of nitrogens with zero attached hydrogens (tertiary/aromatic N) is 1. The molecule has 1 unspecified atom stereocenters. The van der Waals surface area contributed by atoms with Crippen molar-refractivity contribution in [3.63, 3.8) is 0 Å². The van der Waals surface area contributed by atoms with Crippen LogP contribution < -0.4 is 5.32 Å². The molecule has 0 saturated heterocycles. The Labute approximate surface area is 56.4 Å². The third-order valence-corrected chi connectivity index (χ3v) is 1.63. The molecule has 1 heterocycles. The molecule has 1 aliphatic heterocycles. The van der Waals surface area contributed by atoms with Crippen LogP contribution in [-0.2, 0) is 0 Å². The zero-order valence-corrected chi connectivity index (χ0v) is 5.93. The molecule has 2 nitrogen and oxygen atoms in total. The molecule has 0 aromatic rings. The van der Waals surface area contributed by atoms with Crippen LogP contribution >= 0.6 is 0 Å². The topological polar surface area (TPSA) is 24.4 Å². The lowest BCUT2D eigenvalue weighted by Gasteiger charge is -2.17. The van der Waals surface area contributed by atoms with Gasteiger partial charge in [0.25, 0.3) is 0 Å². The molecule has 1 rings (SSSR count). The Morgan fingerprint density at radius 1 is 1.78 bits per heavy atom. The fourth-order valence-electron chi connectivity index (χ4n) is 1.10. The number of hydrogen-bond donors (Lipinski definition) is 1. The van der Waals surface area contributed by atoms with Gasteiger partial charge in [-0.05, 0) is 12.8 Å². The summed E-state index contributed by atoms with van der Waals surface area (Å²) in [6, 6.07) is 0.701. The Balaban J connectivity index is 2.18. The molecule has 0 spiro atoms. The van der Waals surface area contributed by atoms with Gasteiger partial charge < -0.3 is 0 Å². The third kappa shape index (κ3) is 2.14. The molecule has 0 radical (unpaired) electrons. The van der Waals surface area contributed by atoms with Crippen molar-refractivity contribution in [2.45, 2.75) is 32.2 Å². The molecule has 1 atom stereocenters. The van der Waals surface area contributed by atoms with E-state index in [1.165, 1.54) is 12.8 Å². The molecule has 0 aliphatic carbocycles. The van der Waals surface area contributed by atoms with Crippen molar-refractivity contribution in [3.05, 3.63) is 0 Å². The molecule has 0 aromatic heterocycles. The van der Waals surface area contributed by atoms with E-state index < -0.39 is 0 Å². The maximum Gasteiger partial charge on any atom is 0.0882 e. The van der Waals surface area contributed by atoms with Gasteiger partial charge in [0.15, 0.2) is 0 Å². The minimum absolute atomic E-state index is 0.701. The fraction of sp³-hybridized carbons (Fsp3) is 0.857. The summed E-state index contributed by atoms with van der Waals surface area (Å²) in [5, 5.41) is 3.32. The molecule has 0 aromatic carbocycles. The van der Waals surface area contributed by atoms with E-state index in [-0.39, 0.29) is 0 Å². The van der Waals surface area contributed by atoms with Crippen LogP contribution in [0.3, 0.4) is 0 Å². The maximum atomic E-state index is 4.07.